The first-order valence-electron chi connectivity index (χ1n) is 15.7. The van der Waals surface area contributed by atoms with E-state index in [0.717, 1.165) is 5.56 Å². The highest BCUT2D eigenvalue weighted by Gasteiger charge is 2.46. The minimum absolute atomic E-state index is 0.000980. The molecule has 3 fully saturated rings. The number of anilines is 1. The van der Waals surface area contributed by atoms with E-state index < -0.39 is 78.5 Å². The molecule has 50 heavy (non-hydrogen) atoms. The highest BCUT2D eigenvalue weighted by Crippen LogP contribution is 2.44. The van der Waals surface area contributed by atoms with Gasteiger partial charge in [0, 0.05) is 34.9 Å². The molecule has 1 saturated carbocycles. The summed E-state index contributed by atoms with van der Waals surface area (Å²) >= 11 is 6.65. The molecule has 0 spiro atoms. The Labute approximate surface area is 285 Å². The summed E-state index contributed by atoms with van der Waals surface area (Å²) in [5.41, 5.74) is -1.69. The largest absolute Gasteiger partial charge is 0.481 e. The van der Waals surface area contributed by atoms with Crippen molar-refractivity contribution in [3.8, 4) is 11.1 Å². The van der Waals surface area contributed by atoms with E-state index in [1.54, 1.807) is 12.1 Å². The second kappa shape index (κ2) is 13.2. The van der Waals surface area contributed by atoms with Gasteiger partial charge in [-0.1, -0.05) is 17.7 Å². The highest BCUT2D eigenvalue weighted by molar-refractivity contribution is 6.33. The van der Waals surface area contributed by atoms with Crippen molar-refractivity contribution >= 4 is 23.5 Å². The van der Waals surface area contributed by atoms with Gasteiger partial charge in [0.1, 0.15) is 6.10 Å². The Morgan fingerprint density at radius 3 is 2.14 bits per heavy atom. The van der Waals surface area contributed by atoms with Crippen molar-refractivity contribution in [1.29, 1.82) is 0 Å². The molecule has 8 nitrogen and oxygen atoms in total. The van der Waals surface area contributed by atoms with E-state index >= 15 is 0 Å². The molecule has 1 unspecified atom stereocenters. The molecular formula is C33H31ClF8N4O4. The van der Waals surface area contributed by atoms with E-state index in [4.69, 9.17) is 16.3 Å². The van der Waals surface area contributed by atoms with Gasteiger partial charge in [0.05, 0.1) is 35.8 Å². The standard InChI is InChI=1S/C33H31ClF8N4O4/c1-16-27(20-8-21(32(37,38)39)11-22(9-20)33(40,41)42)50-30(49)46(16)13-26-24(12-43-29(44-26)45-14-31(35,36)15-45)23-10-19(6-7-25(23)34)17-2-4-18(5-3-17)28(47)48/h6-12,16-18,27,30,49H,2-5,13-15H2,1H3,(H,47,48)/t16-,17?,18?,27-,30?/m0/s1. The summed E-state index contributed by atoms with van der Waals surface area (Å²) in [4.78, 5) is 22.8. The summed E-state index contributed by atoms with van der Waals surface area (Å²) < 4.78 is 115. The van der Waals surface area contributed by atoms with Crippen LogP contribution in [0.1, 0.15) is 72.6 Å². The molecule has 0 amide bonds. The van der Waals surface area contributed by atoms with Crippen molar-refractivity contribution in [2.45, 2.75) is 81.9 Å². The Hall–Kier alpha value is -3.60. The van der Waals surface area contributed by atoms with Gasteiger partial charge in [0.15, 0.2) is 0 Å². The maximum Gasteiger partial charge on any atom is 0.416 e. The van der Waals surface area contributed by atoms with E-state index in [-0.39, 0.29) is 35.2 Å². The number of carbonyl (C=O) groups is 1. The molecule has 17 heteroatoms. The smallest absolute Gasteiger partial charge is 0.416 e. The van der Waals surface area contributed by atoms with Crippen molar-refractivity contribution in [3.63, 3.8) is 0 Å². The van der Waals surface area contributed by atoms with Crippen molar-refractivity contribution < 1.29 is 54.9 Å². The number of aliphatic carboxylic acids is 1. The fourth-order valence-electron chi connectivity index (χ4n) is 6.83. The molecule has 2 aromatic carbocycles. The fourth-order valence-corrected chi connectivity index (χ4v) is 7.05. The monoisotopic (exact) mass is 734 g/mol. The van der Waals surface area contributed by atoms with Gasteiger partial charge in [-0.2, -0.15) is 26.3 Å². The summed E-state index contributed by atoms with van der Waals surface area (Å²) in [5.74, 6) is -4.27. The minimum atomic E-state index is -5.10. The van der Waals surface area contributed by atoms with Gasteiger partial charge in [-0.25, -0.2) is 23.6 Å². The summed E-state index contributed by atoms with van der Waals surface area (Å²) in [5, 5.41) is 20.6. The topological polar surface area (TPSA) is 99.0 Å². The molecule has 1 aliphatic carbocycles. The van der Waals surface area contributed by atoms with Crippen LogP contribution in [-0.2, 0) is 28.4 Å². The molecule has 3 atom stereocenters. The van der Waals surface area contributed by atoms with Gasteiger partial charge in [-0.3, -0.25) is 4.79 Å². The van der Waals surface area contributed by atoms with Crippen molar-refractivity contribution in [2.75, 3.05) is 18.0 Å². The first-order valence-corrected chi connectivity index (χ1v) is 16.1. The van der Waals surface area contributed by atoms with Crippen LogP contribution < -0.4 is 4.90 Å². The van der Waals surface area contributed by atoms with E-state index in [9.17, 15) is 50.1 Å². The number of nitrogens with zero attached hydrogens (tertiary/aromatic N) is 4. The first-order chi connectivity index (χ1) is 23.3. The zero-order valence-electron chi connectivity index (χ0n) is 26.3. The lowest BCUT2D eigenvalue weighted by atomic mass is 9.78. The number of hydrogen-bond donors (Lipinski definition) is 2. The van der Waals surface area contributed by atoms with Crippen molar-refractivity contribution in [2.24, 2.45) is 5.92 Å². The molecule has 1 aromatic heterocycles. The third-order valence-electron chi connectivity index (χ3n) is 9.59. The Bertz CT molecular complexity index is 1730. The van der Waals surface area contributed by atoms with Crippen LogP contribution >= 0.6 is 11.6 Å². The Kier molecular flexibility index (Phi) is 9.54. The number of alkyl halides is 8. The number of aliphatic hydroxyl groups is 1. The lowest BCUT2D eigenvalue weighted by molar-refractivity contribution is -0.154. The van der Waals surface area contributed by atoms with Crippen molar-refractivity contribution in [1.82, 2.24) is 14.9 Å². The van der Waals surface area contributed by atoms with Crippen molar-refractivity contribution in [3.05, 3.63) is 75.6 Å². The molecule has 2 N–H and O–H groups in total. The molecular weight excluding hydrogens is 704 g/mol. The molecule has 0 bridgehead atoms. The lowest BCUT2D eigenvalue weighted by Gasteiger charge is -2.38. The zero-order chi connectivity index (χ0) is 36.3. The number of hydrogen-bond acceptors (Lipinski definition) is 7. The Morgan fingerprint density at radius 2 is 1.58 bits per heavy atom. The zero-order valence-corrected chi connectivity index (χ0v) is 27.0. The number of carboxylic acids is 1. The van der Waals surface area contributed by atoms with E-state index in [2.05, 4.69) is 9.97 Å². The predicted molar refractivity (Wildman–Crippen MR) is 163 cm³/mol. The molecule has 3 aromatic rings. The number of aromatic nitrogens is 2. The van der Waals surface area contributed by atoms with Crippen LogP contribution in [0.15, 0.2) is 42.6 Å². The SMILES string of the molecule is C[C@H]1[C@@H](c2cc(C(F)(F)F)cc(C(F)(F)F)c2)OC(O)N1Cc1nc(N2CC(F)(F)C2)ncc1-c1cc(C2CCC(C(=O)O)CC2)ccc1Cl. The lowest BCUT2D eigenvalue weighted by Crippen LogP contribution is -2.57. The van der Waals surface area contributed by atoms with Crippen LogP contribution in [0.2, 0.25) is 5.02 Å². The summed E-state index contributed by atoms with van der Waals surface area (Å²) in [6, 6.07) is 5.37. The van der Waals surface area contributed by atoms with Gasteiger partial charge in [0.25, 0.3) is 5.92 Å². The molecule has 3 heterocycles. The van der Waals surface area contributed by atoms with Crippen LogP contribution in [0.4, 0.5) is 41.1 Å². The Morgan fingerprint density at radius 1 is 0.960 bits per heavy atom. The number of rotatable bonds is 7. The van der Waals surface area contributed by atoms with Crippen LogP contribution in [0.25, 0.3) is 11.1 Å². The number of carboxylic acid groups (broad SMARTS) is 1. The second-order valence-electron chi connectivity index (χ2n) is 13.0. The molecule has 3 aliphatic rings. The average Bonchev–Trinajstić information content (AvgIpc) is 3.31. The second-order valence-corrected chi connectivity index (χ2v) is 13.4. The van der Waals surface area contributed by atoms with Gasteiger partial charge < -0.3 is 19.8 Å². The van der Waals surface area contributed by atoms with Gasteiger partial charge in [-0.15, -0.1) is 0 Å². The first kappa shape index (κ1) is 36.2. The summed E-state index contributed by atoms with van der Waals surface area (Å²) in [6.45, 7) is -0.130. The summed E-state index contributed by atoms with van der Waals surface area (Å²) in [7, 11) is 0. The van der Waals surface area contributed by atoms with Crippen LogP contribution in [0.3, 0.4) is 0 Å². The molecule has 2 saturated heterocycles. The van der Waals surface area contributed by atoms with Crippen LogP contribution in [0.5, 0.6) is 0 Å². The van der Waals surface area contributed by atoms with E-state index in [0.29, 0.717) is 48.9 Å². The van der Waals surface area contributed by atoms with Gasteiger partial charge >= 0.3 is 18.3 Å². The number of halogens is 9. The highest BCUT2D eigenvalue weighted by atomic mass is 35.5. The molecule has 270 valence electrons. The van der Waals surface area contributed by atoms with E-state index in [1.807, 2.05) is 6.07 Å². The maximum atomic E-state index is 13.8. The number of aliphatic hydroxyl groups excluding tert-OH is 1. The van der Waals surface area contributed by atoms with Crippen LogP contribution in [0, 0.1) is 5.92 Å². The summed E-state index contributed by atoms with van der Waals surface area (Å²) in [6.07, 6.45) is -9.83. The van der Waals surface area contributed by atoms with Gasteiger partial charge in [0.2, 0.25) is 12.4 Å². The third kappa shape index (κ3) is 7.39. The van der Waals surface area contributed by atoms with Gasteiger partial charge in [-0.05, 0) is 80.0 Å². The number of benzene rings is 2. The fraction of sp³-hybridized carbons (Fsp3) is 0.485. The average molecular weight is 735 g/mol. The quantitative estimate of drug-likeness (QED) is 0.237. The maximum absolute atomic E-state index is 13.8. The van der Waals surface area contributed by atoms with Crippen LogP contribution in [-0.4, -0.2) is 62.5 Å². The normalized spacial score (nSPS) is 25.8. The molecule has 6 rings (SSSR count). The number of ether oxygens (including phenoxy) is 1. The Balaban J connectivity index is 1.34. The molecule has 2 aliphatic heterocycles. The minimum Gasteiger partial charge on any atom is -0.481 e. The predicted octanol–water partition coefficient (Wildman–Crippen LogP) is 7.89. The molecule has 0 radical (unpaired) electrons. The third-order valence-corrected chi connectivity index (χ3v) is 9.92. The van der Waals surface area contributed by atoms with E-state index in [1.165, 1.54) is 22.9 Å².